The maximum absolute atomic E-state index is 13.0. The predicted molar refractivity (Wildman–Crippen MR) is 107 cm³/mol. The molecule has 1 heterocycles. The molecule has 1 aliphatic heterocycles. The number of hydrogen-bond donors (Lipinski definition) is 1. The molecule has 0 aliphatic carbocycles. The normalized spacial score (nSPS) is 14.1. The lowest BCUT2D eigenvalue weighted by atomic mass is 10.1. The summed E-state index contributed by atoms with van der Waals surface area (Å²) in [6.45, 7) is 5.29. The molecule has 1 aliphatic rings. The van der Waals surface area contributed by atoms with E-state index in [0.29, 0.717) is 37.4 Å². The molecular weight excluding hydrogens is 380 g/mol. The second-order valence-corrected chi connectivity index (χ2v) is 8.04. The number of hydrogen-bond acceptors (Lipinski definition) is 5. The molecule has 0 spiro atoms. The summed E-state index contributed by atoms with van der Waals surface area (Å²) >= 11 is 0. The quantitative estimate of drug-likeness (QED) is 0.800. The lowest BCUT2D eigenvalue weighted by molar-refractivity contribution is 0.0765. The molecule has 0 saturated heterocycles. The van der Waals surface area contributed by atoms with Gasteiger partial charge in [0.1, 0.15) is 23.0 Å². The number of aryl methyl sites for hydroxylation is 1. The zero-order valence-corrected chi connectivity index (χ0v) is 17.0. The Morgan fingerprint density at radius 2 is 1.96 bits per heavy atom. The number of ether oxygens (including phenoxy) is 2. The summed E-state index contributed by atoms with van der Waals surface area (Å²) in [6, 6.07) is 9.78. The van der Waals surface area contributed by atoms with E-state index in [-0.39, 0.29) is 22.2 Å². The van der Waals surface area contributed by atoms with Gasteiger partial charge in [0, 0.05) is 12.2 Å². The van der Waals surface area contributed by atoms with Gasteiger partial charge < -0.3 is 14.4 Å². The van der Waals surface area contributed by atoms with Crippen molar-refractivity contribution in [3.63, 3.8) is 0 Å². The summed E-state index contributed by atoms with van der Waals surface area (Å²) in [4.78, 5) is 14.4. The highest BCUT2D eigenvalue weighted by Gasteiger charge is 2.25. The topological polar surface area (TPSA) is 84.9 Å². The van der Waals surface area contributed by atoms with Crippen molar-refractivity contribution in [3.05, 3.63) is 47.5 Å². The first kappa shape index (κ1) is 20.0. The van der Waals surface area contributed by atoms with Crippen LogP contribution in [0.4, 0.5) is 5.69 Å². The number of sulfonamides is 1. The van der Waals surface area contributed by atoms with Crippen molar-refractivity contribution in [1.29, 1.82) is 0 Å². The van der Waals surface area contributed by atoms with Crippen molar-refractivity contribution >= 4 is 21.6 Å². The fraction of sp³-hybridized carbons (Fsp3) is 0.350. The highest BCUT2D eigenvalue weighted by Crippen LogP contribution is 2.30. The Balaban J connectivity index is 1.97. The third-order valence-corrected chi connectivity index (χ3v) is 6.08. The Hall–Kier alpha value is -2.74. The first-order valence-electron chi connectivity index (χ1n) is 9.15. The number of likely N-dealkylation sites (N-methyl/N-ethyl adjacent to an activating group) is 1. The fourth-order valence-corrected chi connectivity index (χ4v) is 4.36. The molecule has 0 radical (unpaired) electrons. The molecule has 8 heteroatoms. The number of fused-ring (bicyclic) bond motifs is 1. The van der Waals surface area contributed by atoms with E-state index in [4.69, 9.17) is 9.47 Å². The van der Waals surface area contributed by atoms with Crippen LogP contribution in [0.2, 0.25) is 0 Å². The Kier molecular flexibility index (Phi) is 5.79. The van der Waals surface area contributed by atoms with Gasteiger partial charge in [0.05, 0.1) is 19.2 Å². The van der Waals surface area contributed by atoms with Crippen LogP contribution in [0.1, 0.15) is 29.8 Å². The molecule has 0 aromatic heterocycles. The summed E-state index contributed by atoms with van der Waals surface area (Å²) < 4.78 is 39.3. The van der Waals surface area contributed by atoms with Crippen molar-refractivity contribution in [2.45, 2.75) is 25.2 Å². The third-order valence-electron chi connectivity index (χ3n) is 4.68. The predicted octanol–water partition coefficient (Wildman–Crippen LogP) is 2.91. The first-order valence-corrected chi connectivity index (χ1v) is 10.6. The Morgan fingerprint density at radius 1 is 1.18 bits per heavy atom. The van der Waals surface area contributed by atoms with Crippen molar-refractivity contribution in [1.82, 2.24) is 4.90 Å². The first-order chi connectivity index (χ1) is 13.4. The molecule has 150 valence electrons. The van der Waals surface area contributed by atoms with E-state index < -0.39 is 10.0 Å². The van der Waals surface area contributed by atoms with Gasteiger partial charge in [-0.3, -0.25) is 9.52 Å². The molecule has 0 fully saturated rings. The Bertz CT molecular complexity index is 988. The number of carbonyl (C=O) groups excluding carboxylic acids is 1. The molecule has 1 amide bonds. The minimum Gasteiger partial charge on any atom is -0.495 e. The van der Waals surface area contributed by atoms with E-state index in [0.717, 1.165) is 5.56 Å². The van der Waals surface area contributed by atoms with E-state index in [2.05, 4.69) is 4.72 Å². The molecule has 0 saturated carbocycles. The highest BCUT2D eigenvalue weighted by molar-refractivity contribution is 7.92. The number of carbonyl (C=O) groups is 1. The molecule has 0 unspecified atom stereocenters. The smallest absolute Gasteiger partial charge is 0.265 e. The summed E-state index contributed by atoms with van der Waals surface area (Å²) in [6.07, 6.45) is 0.698. The standard InChI is InChI=1S/C20H24N2O5S/c1-4-14-6-8-18(26-3)19(12-14)28(24,25)21-15-7-9-17-16(13-15)20(23)22(5-2)10-11-27-17/h6-9,12-13,21H,4-5,10-11H2,1-3H3. The van der Waals surface area contributed by atoms with Crippen molar-refractivity contribution in [2.75, 3.05) is 31.5 Å². The van der Waals surface area contributed by atoms with Crippen molar-refractivity contribution in [2.24, 2.45) is 0 Å². The summed E-state index contributed by atoms with van der Waals surface area (Å²) in [5.41, 5.74) is 1.51. The Morgan fingerprint density at radius 3 is 2.64 bits per heavy atom. The highest BCUT2D eigenvalue weighted by atomic mass is 32.2. The van der Waals surface area contributed by atoms with Gasteiger partial charge >= 0.3 is 0 Å². The van der Waals surface area contributed by atoms with Gasteiger partial charge in [-0.15, -0.1) is 0 Å². The van der Waals surface area contributed by atoms with Crippen LogP contribution in [-0.2, 0) is 16.4 Å². The zero-order valence-electron chi connectivity index (χ0n) is 16.2. The molecule has 0 bridgehead atoms. The number of methoxy groups -OCH3 is 1. The number of anilines is 1. The number of rotatable bonds is 6. The lowest BCUT2D eigenvalue weighted by Crippen LogP contribution is -2.32. The molecular formula is C20H24N2O5S. The number of nitrogens with zero attached hydrogens (tertiary/aromatic N) is 1. The van der Waals surface area contributed by atoms with Gasteiger partial charge in [0.15, 0.2) is 0 Å². The number of benzene rings is 2. The minimum atomic E-state index is -3.90. The van der Waals surface area contributed by atoms with Crippen LogP contribution < -0.4 is 14.2 Å². The largest absolute Gasteiger partial charge is 0.495 e. The second kappa shape index (κ2) is 8.10. The van der Waals surface area contributed by atoms with E-state index >= 15 is 0 Å². The molecule has 2 aromatic rings. The van der Waals surface area contributed by atoms with Gasteiger partial charge in [0.2, 0.25) is 0 Å². The molecule has 28 heavy (non-hydrogen) atoms. The molecule has 3 rings (SSSR count). The minimum absolute atomic E-state index is 0.0575. The van der Waals surface area contributed by atoms with E-state index in [9.17, 15) is 13.2 Å². The monoisotopic (exact) mass is 404 g/mol. The maximum atomic E-state index is 13.0. The van der Waals surface area contributed by atoms with E-state index in [1.54, 1.807) is 29.2 Å². The number of amides is 1. The molecule has 1 N–H and O–H groups in total. The summed E-state index contributed by atoms with van der Waals surface area (Å²) in [5.74, 6) is 0.534. The van der Waals surface area contributed by atoms with Gasteiger partial charge in [0.25, 0.3) is 15.9 Å². The van der Waals surface area contributed by atoms with E-state index in [1.165, 1.54) is 13.2 Å². The van der Waals surface area contributed by atoms with Crippen LogP contribution >= 0.6 is 0 Å². The summed E-state index contributed by atoms with van der Waals surface area (Å²) in [7, 11) is -2.47. The molecule has 0 atom stereocenters. The third kappa shape index (κ3) is 3.91. The van der Waals surface area contributed by atoms with Gasteiger partial charge in [-0.1, -0.05) is 13.0 Å². The Labute approximate surface area is 165 Å². The fourth-order valence-electron chi connectivity index (χ4n) is 3.09. The average Bonchev–Trinajstić information content (AvgIpc) is 2.85. The molecule has 7 nitrogen and oxygen atoms in total. The van der Waals surface area contributed by atoms with E-state index in [1.807, 2.05) is 19.9 Å². The van der Waals surface area contributed by atoms with Crippen LogP contribution in [0.25, 0.3) is 0 Å². The lowest BCUT2D eigenvalue weighted by Gasteiger charge is -2.17. The van der Waals surface area contributed by atoms with Crippen LogP contribution in [0.15, 0.2) is 41.3 Å². The van der Waals surface area contributed by atoms with Crippen molar-refractivity contribution < 1.29 is 22.7 Å². The number of nitrogens with one attached hydrogen (secondary N) is 1. The second-order valence-electron chi connectivity index (χ2n) is 6.39. The SMILES string of the molecule is CCc1ccc(OC)c(S(=O)(=O)Nc2ccc3c(c2)C(=O)N(CC)CCO3)c1. The molecule has 2 aromatic carbocycles. The van der Waals surface area contributed by atoms with Gasteiger partial charge in [-0.2, -0.15) is 0 Å². The summed E-state index contributed by atoms with van der Waals surface area (Å²) in [5, 5.41) is 0. The van der Waals surface area contributed by atoms with Crippen LogP contribution in [0.3, 0.4) is 0 Å². The van der Waals surface area contributed by atoms with Gasteiger partial charge in [-0.25, -0.2) is 8.42 Å². The average molecular weight is 404 g/mol. The van der Waals surface area contributed by atoms with Crippen molar-refractivity contribution in [3.8, 4) is 11.5 Å². The zero-order chi connectivity index (χ0) is 20.3. The maximum Gasteiger partial charge on any atom is 0.265 e. The van der Waals surface area contributed by atoms with Crippen LogP contribution in [0.5, 0.6) is 11.5 Å². The van der Waals surface area contributed by atoms with Crippen LogP contribution in [-0.4, -0.2) is 46.0 Å². The van der Waals surface area contributed by atoms with Crippen LogP contribution in [0, 0.1) is 0 Å². The van der Waals surface area contributed by atoms with Gasteiger partial charge in [-0.05, 0) is 49.2 Å².